The van der Waals surface area contributed by atoms with E-state index in [9.17, 15) is 13.2 Å². The minimum atomic E-state index is -3.95. The van der Waals surface area contributed by atoms with Gasteiger partial charge in [-0.25, -0.2) is 13.1 Å². The van der Waals surface area contributed by atoms with E-state index in [2.05, 4.69) is 15.6 Å². The SMILES string of the molecule is Cc1cc(C)c(NC(=O)Cn2nnc(S(=O)(=O)c3ccc(C)c(C)c3)c2N)c(C)c1. The van der Waals surface area contributed by atoms with Gasteiger partial charge in [-0.05, 0) is 69.0 Å². The molecule has 0 aliphatic heterocycles. The van der Waals surface area contributed by atoms with E-state index < -0.39 is 9.84 Å². The van der Waals surface area contributed by atoms with Gasteiger partial charge in [0.2, 0.25) is 20.8 Å². The summed E-state index contributed by atoms with van der Waals surface area (Å²) in [7, 11) is -3.95. The van der Waals surface area contributed by atoms with Crippen molar-refractivity contribution in [3.05, 3.63) is 58.1 Å². The van der Waals surface area contributed by atoms with Gasteiger partial charge in [0.15, 0.2) is 5.82 Å². The Morgan fingerprint density at radius 1 is 1.00 bits per heavy atom. The van der Waals surface area contributed by atoms with Gasteiger partial charge < -0.3 is 11.1 Å². The van der Waals surface area contributed by atoms with Crippen LogP contribution in [0.4, 0.5) is 11.5 Å². The van der Waals surface area contributed by atoms with Gasteiger partial charge in [0.05, 0.1) is 4.90 Å². The summed E-state index contributed by atoms with van der Waals surface area (Å²) >= 11 is 0. The van der Waals surface area contributed by atoms with Gasteiger partial charge in [-0.1, -0.05) is 29.0 Å². The maximum Gasteiger partial charge on any atom is 0.246 e. The average molecular weight is 428 g/mol. The molecule has 0 fully saturated rings. The number of nitrogen functional groups attached to an aromatic ring is 1. The maximum atomic E-state index is 12.9. The molecule has 158 valence electrons. The van der Waals surface area contributed by atoms with E-state index in [0.717, 1.165) is 32.5 Å². The van der Waals surface area contributed by atoms with Gasteiger partial charge in [0.1, 0.15) is 6.54 Å². The number of nitrogens with two attached hydrogens (primary N) is 1. The minimum Gasteiger partial charge on any atom is -0.381 e. The first-order valence-corrected chi connectivity index (χ1v) is 10.9. The molecule has 0 radical (unpaired) electrons. The third-order valence-electron chi connectivity index (χ3n) is 5.02. The summed E-state index contributed by atoms with van der Waals surface area (Å²) < 4.78 is 27.0. The first-order valence-electron chi connectivity index (χ1n) is 9.39. The molecule has 9 heteroatoms. The van der Waals surface area contributed by atoms with Crippen molar-refractivity contribution < 1.29 is 13.2 Å². The molecule has 0 unspecified atom stereocenters. The molecule has 1 heterocycles. The fraction of sp³-hybridized carbons (Fsp3) is 0.286. The topological polar surface area (TPSA) is 120 Å². The highest BCUT2D eigenvalue weighted by molar-refractivity contribution is 7.91. The number of hydrogen-bond donors (Lipinski definition) is 2. The molecule has 0 saturated carbocycles. The zero-order chi connectivity index (χ0) is 22.2. The molecular formula is C21H25N5O3S. The van der Waals surface area contributed by atoms with E-state index >= 15 is 0 Å². The van der Waals surface area contributed by atoms with Crippen LogP contribution in [0.2, 0.25) is 0 Å². The molecule has 0 saturated heterocycles. The second-order valence-corrected chi connectivity index (χ2v) is 9.37. The molecular weight excluding hydrogens is 402 g/mol. The summed E-state index contributed by atoms with van der Waals surface area (Å²) in [4.78, 5) is 12.6. The summed E-state index contributed by atoms with van der Waals surface area (Å²) in [5, 5.41) is 10.0. The normalized spacial score (nSPS) is 11.5. The van der Waals surface area contributed by atoms with Crippen LogP contribution in [0.5, 0.6) is 0 Å². The number of benzene rings is 2. The van der Waals surface area contributed by atoms with Crippen LogP contribution in [0.3, 0.4) is 0 Å². The van der Waals surface area contributed by atoms with Crippen LogP contribution in [0, 0.1) is 34.6 Å². The van der Waals surface area contributed by atoms with E-state index in [1.807, 2.05) is 46.8 Å². The average Bonchev–Trinajstić information content (AvgIpc) is 3.01. The summed E-state index contributed by atoms with van der Waals surface area (Å²) in [6, 6.07) is 8.74. The van der Waals surface area contributed by atoms with E-state index in [4.69, 9.17) is 5.73 Å². The second-order valence-electron chi connectivity index (χ2n) is 7.51. The molecule has 3 aromatic rings. The highest BCUT2D eigenvalue weighted by atomic mass is 32.2. The number of carbonyl (C=O) groups excluding carboxylic acids is 1. The van der Waals surface area contributed by atoms with Crippen LogP contribution >= 0.6 is 0 Å². The van der Waals surface area contributed by atoms with Crippen molar-refractivity contribution in [2.45, 2.75) is 51.1 Å². The number of sulfone groups is 1. The third kappa shape index (κ3) is 4.06. The Morgan fingerprint density at radius 2 is 1.63 bits per heavy atom. The van der Waals surface area contributed by atoms with Crippen LogP contribution in [-0.2, 0) is 21.2 Å². The lowest BCUT2D eigenvalue weighted by atomic mass is 10.1. The number of anilines is 2. The number of aromatic nitrogens is 3. The van der Waals surface area contributed by atoms with Gasteiger partial charge in [-0.3, -0.25) is 4.79 Å². The Hall–Kier alpha value is -3.20. The zero-order valence-corrected chi connectivity index (χ0v) is 18.5. The number of nitrogens with zero attached hydrogens (tertiary/aromatic N) is 3. The van der Waals surface area contributed by atoms with E-state index in [1.165, 1.54) is 6.07 Å². The van der Waals surface area contributed by atoms with E-state index in [-0.39, 0.29) is 28.2 Å². The molecule has 0 spiro atoms. The van der Waals surface area contributed by atoms with Crippen molar-refractivity contribution in [2.75, 3.05) is 11.1 Å². The van der Waals surface area contributed by atoms with Gasteiger partial charge >= 0.3 is 0 Å². The number of nitrogens with one attached hydrogen (secondary N) is 1. The molecule has 2 aromatic carbocycles. The predicted octanol–water partition coefficient (Wildman–Crippen LogP) is 2.87. The Labute approximate surface area is 176 Å². The lowest BCUT2D eigenvalue weighted by Crippen LogP contribution is -2.22. The predicted molar refractivity (Wildman–Crippen MR) is 115 cm³/mol. The highest BCUT2D eigenvalue weighted by Crippen LogP contribution is 2.26. The Balaban J connectivity index is 1.85. The van der Waals surface area contributed by atoms with Crippen molar-refractivity contribution in [1.29, 1.82) is 0 Å². The smallest absolute Gasteiger partial charge is 0.246 e. The third-order valence-corrected chi connectivity index (χ3v) is 6.69. The van der Waals surface area contributed by atoms with Gasteiger partial charge in [0.25, 0.3) is 0 Å². The van der Waals surface area contributed by atoms with Crippen molar-refractivity contribution in [3.63, 3.8) is 0 Å². The highest BCUT2D eigenvalue weighted by Gasteiger charge is 2.27. The van der Waals surface area contributed by atoms with Crippen molar-refractivity contribution in [2.24, 2.45) is 0 Å². The monoisotopic (exact) mass is 427 g/mol. The van der Waals surface area contributed by atoms with E-state index in [1.54, 1.807) is 12.1 Å². The van der Waals surface area contributed by atoms with Crippen LogP contribution in [-0.4, -0.2) is 29.3 Å². The van der Waals surface area contributed by atoms with Crippen LogP contribution in [0.25, 0.3) is 0 Å². The van der Waals surface area contributed by atoms with Gasteiger partial charge in [-0.2, -0.15) is 0 Å². The van der Waals surface area contributed by atoms with E-state index in [0.29, 0.717) is 5.69 Å². The number of rotatable bonds is 5. The number of carbonyl (C=O) groups is 1. The molecule has 0 aliphatic carbocycles. The first kappa shape index (κ1) is 21.5. The molecule has 1 amide bonds. The Bertz CT molecular complexity index is 1220. The maximum absolute atomic E-state index is 12.9. The summed E-state index contributed by atoms with van der Waals surface area (Å²) in [6.45, 7) is 9.27. The fourth-order valence-corrected chi connectivity index (χ4v) is 4.62. The Morgan fingerprint density at radius 3 is 2.23 bits per heavy atom. The summed E-state index contributed by atoms with van der Waals surface area (Å²) in [5.74, 6) is -0.558. The quantitative estimate of drug-likeness (QED) is 0.646. The molecule has 30 heavy (non-hydrogen) atoms. The number of hydrogen-bond acceptors (Lipinski definition) is 6. The number of aryl methyl sites for hydroxylation is 5. The second kappa shape index (κ2) is 7.91. The zero-order valence-electron chi connectivity index (χ0n) is 17.6. The summed E-state index contributed by atoms with van der Waals surface area (Å²) in [6.07, 6.45) is 0. The Kier molecular flexibility index (Phi) is 5.67. The molecule has 0 aliphatic rings. The summed E-state index contributed by atoms with van der Waals surface area (Å²) in [5.41, 5.74) is 11.5. The minimum absolute atomic E-state index is 0.0831. The van der Waals surface area contributed by atoms with Gasteiger partial charge in [-0.15, -0.1) is 5.10 Å². The van der Waals surface area contributed by atoms with Crippen LogP contribution < -0.4 is 11.1 Å². The molecule has 3 rings (SSSR count). The van der Waals surface area contributed by atoms with Crippen molar-refractivity contribution in [3.8, 4) is 0 Å². The first-order chi connectivity index (χ1) is 14.0. The molecule has 8 nitrogen and oxygen atoms in total. The fourth-order valence-electron chi connectivity index (χ4n) is 3.30. The largest absolute Gasteiger partial charge is 0.381 e. The molecule has 0 bridgehead atoms. The lowest BCUT2D eigenvalue weighted by molar-refractivity contribution is -0.116. The standard InChI is InChI=1S/C21H25N5O3S/c1-12-8-15(4)19(16(5)9-12)23-18(27)11-26-20(22)21(24-25-26)30(28,29)17-7-6-13(2)14(3)10-17/h6-10H,11,22H2,1-5H3,(H,23,27). The van der Waals surface area contributed by atoms with Crippen molar-refractivity contribution in [1.82, 2.24) is 15.0 Å². The number of amides is 1. The molecule has 3 N–H and O–H groups in total. The van der Waals surface area contributed by atoms with Gasteiger partial charge in [0, 0.05) is 5.69 Å². The lowest BCUT2D eigenvalue weighted by Gasteiger charge is -2.13. The van der Waals surface area contributed by atoms with Crippen LogP contribution in [0.15, 0.2) is 40.3 Å². The molecule has 0 atom stereocenters. The van der Waals surface area contributed by atoms with Crippen LogP contribution in [0.1, 0.15) is 27.8 Å². The molecule has 1 aromatic heterocycles. The van der Waals surface area contributed by atoms with Crippen molar-refractivity contribution >= 4 is 27.2 Å².